The predicted octanol–water partition coefficient (Wildman–Crippen LogP) is 3.71. The first-order valence-electron chi connectivity index (χ1n) is 5.40. The molecule has 0 bridgehead atoms. The third-order valence-corrected chi connectivity index (χ3v) is 2.98. The number of nitrogens with zero attached hydrogens (tertiary/aromatic N) is 1. The minimum absolute atomic E-state index is 0.247. The van der Waals surface area contributed by atoms with Crippen molar-refractivity contribution in [1.29, 1.82) is 0 Å². The zero-order chi connectivity index (χ0) is 13.7. The molecule has 0 saturated carbocycles. The molecule has 1 aromatic carbocycles. The Morgan fingerprint density at radius 1 is 1.28 bits per heavy atom. The lowest BCUT2D eigenvalue weighted by molar-refractivity contribution is -0.143. The van der Waals surface area contributed by atoms with E-state index in [1.54, 1.807) is 25.1 Å². The van der Waals surface area contributed by atoms with E-state index in [-0.39, 0.29) is 5.56 Å². The van der Waals surface area contributed by atoms with Crippen molar-refractivity contribution in [3.63, 3.8) is 0 Å². The van der Waals surface area contributed by atoms with Gasteiger partial charge >= 0.3 is 6.18 Å². The summed E-state index contributed by atoms with van der Waals surface area (Å²) in [5.41, 5.74) is 0.113. The fourth-order valence-electron chi connectivity index (χ4n) is 2.25. The highest BCUT2D eigenvalue weighted by molar-refractivity contribution is 6.08. The molecule has 0 aliphatic carbocycles. The second-order valence-corrected chi connectivity index (χ2v) is 4.36. The maximum absolute atomic E-state index is 13.0. The number of alkyl halides is 3. The molecule has 2 aromatic rings. The largest absolute Gasteiger partial charge is 0.432 e. The van der Waals surface area contributed by atoms with Gasteiger partial charge in [0.1, 0.15) is 5.69 Å². The molecule has 1 heterocycles. The molecule has 0 atom stereocenters. The summed E-state index contributed by atoms with van der Waals surface area (Å²) in [6.07, 6.45) is -4.54. The van der Waals surface area contributed by atoms with Gasteiger partial charge in [0.25, 0.3) is 0 Å². The average Bonchev–Trinajstić information content (AvgIpc) is 2.50. The third-order valence-electron chi connectivity index (χ3n) is 2.98. The summed E-state index contributed by atoms with van der Waals surface area (Å²) in [6, 6.07) is 4.94. The number of halogens is 3. The van der Waals surface area contributed by atoms with Gasteiger partial charge in [-0.3, -0.25) is 4.79 Å². The minimum atomic E-state index is -4.54. The Bertz CT molecular complexity index is 638. The smallest absolute Gasteiger partial charge is 0.339 e. The summed E-state index contributed by atoms with van der Waals surface area (Å²) in [5.74, 6) is -0.571. The number of aromatic nitrogens is 1. The molecular formula is C13H12F3NO. The van der Waals surface area contributed by atoms with Gasteiger partial charge in [-0.25, -0.2) is 0 Å². The molecule has 0 spiro atoms. The van der Waals surface area contributed by atoms with Gasteiger partial charge < -0.3 is 4.57 Å². The maximum atomic E-state index is 13.0. The van der Waals surface area contributed by atoms with Gasteiger partial charge in [-0.1, -0.05) is 11.6 Å². The molecule has 2 rings (SSSR count). The lowest BCUT2D eigenvalue weighted by Crippen LogP contribution is -2.15. The lowest BCUT2D eigenvalue weighted by Gasteiger charge is -2.09. The Labute approximate surface area is 102 Å². The van der Waals surface area contributed by atoms with Gasteiger partial charge in [0.2, 0.25) is 0 Å². The van der Waals surface area contributed by atoms with E-state index in [1.165, 1.54) is 7.05 Å². The van der Waals surface area contributed by atoms with E-state index in [4.69, 9.17) is 0 Å². The van der Waals surface area contributed by atoms with E-state index in [2.05, 4.69) is 0 Å². The minimum Gasteiger partial charge on any atom is -0.339 e. The molecule has 0 saturated heterocycles. The summed E-state index contributed by atoms with van der Waals surface area (Å²) < 4.78 is 40.1. The van der Waals surface area contributed by atoms with Crippen LogP contribution in [0.5, 0.6) is 0 Å². The van der Waals surface area contributed by atoms with Crippen LogP contribution in [0.25, 0.3) is 10.9 Å². The Balaban J connectivity index is 2.97. The van der Waals surface area contributed by atoms with Gasteiger partial charge in [0, 0.05) is 18.0 Å². The van der Waals surface area contributed by atoms with Crippen molar-refractivity contribution in [3.8, 4) is 0 Å². The first-order valence-corrected chi connectivity index (χ1v) is 5.40. The number of carbonyl (C=O) groups excluding carboxylic acids is 1. The molecule has 0 radical (unpaired) electrons. The zero-order valence-corrected chi connectivity index (χ0v) is 10.2. The van der Waals surface area contributed by atoms with Crippen LogP contribution < -0.4 is 0 Å². The van der Waals surface area contributed by atoms with Crippen LogP contribution in [-0.2, 0) is 13.2 Å². The average molecular weight is 255 g/mol. The number of fused-ring (bicyclic) bond motifs is 1. The highest BCUT2D eigenvalue weighted by Crippen LogP contribution is 2.37. The Kier molecular flexibility index (Phi) is 2.72. The molecule has 5 heteroatoms. The quantitative estimate of drug-likeness (QED) is 0.712. The summed E-state index contributed by atoms with van der Waals surface area (Å²) >= 11 is 0. The maximum Gasteiger partial charge on any atom is 0.432 e. The van der Waals surface area contributed by atoms with Crippen LogP contribution in [-0.4, -0.2) is 10.4 Å². The molecule has 0 unspecified atom stereocenters. The van der Waals surface area contributed by atoms with E-state index in [9.17, 15) is 18.0 Å². The van der Waals surface area contributed by atoms with Gasteiger partial charge in [-0.15, -0.1) is 0 Å². The van der Waals surface area contributed by atoms with E-state index >= 15 is 0 Å². The summed E-state index contributed by atoms with van der Waals surface area (Å²) in [5, 5.41) is 0.359. The number of carbonyl (C=O) groups is 1. The number of Topliss-reactive ketones (excluding diaryl/α,β-unsaturated/α-hetero) is 1. The molecule has 1 aromatic heterocycles. The van der Waals surface area contributed by atoms with Crippen LogP contribution in [0.3, 0.4) is 0 Å². The van der Waals surface area contributed by atoms with Gasteiger partial charge in [-0.2, -0.15) is 13.2 Å². The predicted molar refractivity (Wildman–Crippen MR) is 62.7 cm³/mol. The SMILES string of the molecule is CC(=O)c1c(C(F)(F)F)n(C)c2ccc(C)cc12. The van der Waals surface area contributed by atoms with Crippen LogP contribution in [0.15, 0.2) is 18.2 Å². The van der Waals surface area contributed by atoms with Crippen molar-refractivity contribution < 1.29 is 18.0 Å². The molecule has 2 nitrogen and oxygen atoms in total. The molecule has 96 valence electrons. The molecule has 0 amide bonds. The Morgan fingerprint density at radius 3 is 2.39 bits per heavy atom. The molecular weight excluding hydrogens is 243 g/mol. The number of hydrogen-bond donors (Lipinski definition) is 0. The Morgan fingerprint density at radius 2 is 1.89 bits per heavy atom. The second kappa shape index (κ2) is 3.86. The first-order chi connectivity index (χ1) is 8.23. The second-order valence-electron chi connectivity index (χ2n) is 4.36. The Hall–Kier alpha value is -1.78. The van der Waals surface area contributed by atoms with E-state index in [1.807, 2.05) is 0 Å². The van der Waals surface area contributed by atoms with Crippen LogP contribution >= 0.6 is 0 Å². The molecule has 18 heavy (non-hydrogen) atoms. The van der Waals surface area contributed by atoms with Crippen LogP contribution in [0, 0.1) is 6.92 Å². The van der Waals surface area contributed by atoms with Crippen LogP contribution in [0.2, 0.25) is 0 Å². The number of rotatable bonds is 1. The third kappa shape index (κ3) is 1.79. The number of aryl methyl sites for hydroxylation is 2. The fraction of sp³-hybridized carbons (Fsp3) is 0.308. The van der Waals surface area contributed by atoms with Crippen molar-refractivity contribution in [1.82, 2.24) is 4.57 Å². The molecule has 0 fully saturated rings. The van der Waals surface area contributed by atoms with Crippen molar-refractivity contribution in [2.24, 2.45) is 7.05 Å². The number of benzene rings is 1. The van der Waals surface area contributed by atoms with Crippen molar-refractivity contribution >= 4 is 16.7 Å². The molecule has 0 aliphatic rings. The van der Waals surface area contributed by atoms with Crippen molar-refractivity contribution in [3.05, 3.63) is 35.0 Å². The monoisotopic (exact) mass is 255 g/mol. The number of ketones is 1. The summed E-state index contributed by atoms with van der Waals surface area (Å²) in [4.78, 5) is 11.5. The standard InChI is InChI=1S/C13H12F3NO/c1-7-4-5-10-9(6-7)11(8(2)18)12(17(10)3)13(14,15)16/h4-6H,1-3H3. The van der Waals surface area contributed by atoms with E-state index in [0.717, 1.165) is 17.1 Å². The fourth-order valence-corrected chi connectivity index (χ4v) is 2.25. The molecule has 0 aliphatic heterocycles. The lowest BCUT2D eigenvalue weighted by atomic mass is 10.1. The highest BCUT2D eigenvalue weighted by atomic mass is 19.4. The normalized spacial score (nSPS) is 12.1. The number of hydrogen-bond acceptors (Lipinski definition) is 1. The summed E-state index contributed by atoms with van der Waals surface area (Å²) in [6.45, 7) is 2.94. The zero-order valence-electron chi connectivity index (χ0n) is 10.2. The highest BCUT2D eigenvalue weighted by Gasteiger charge is 2.39. The first kappa shape index (κ1) is 12.7. The van der Waals surface area contributed by atoms with E-state index < -0.39 is 17.7 Å². The van der Waals surface area contributed by atoms with E-state index in [0.29, 0.717) is 10.9 Å². The van der Waals surface area contributed by atoms with Crippen LogP contribution in [0.4, 0.5) is 13.2 Å². The topological polar surface area (TPSA) is 22.0 Å². The van der Waals surface area contributed by atoms with Gasteiger partial charge in [-0.05, 0) is 26.0 Å². The summed E-state index contributed by atoms with van der Waals surface area (Å²) in [7, 11) is 1.33. The van der Waals surface area contributed by atoms with Crippen molar-refractivity contribution in [2.45, 2.75) is 20.0 Å². The van der Waals surface area contributed by atoms with Gasteiger partial charge in [0.05, 0.1) is 5.56 Å². The van der Waals surface area contributed by atoms with Crippen LogP contribution in [0.1, 0.15) is 28.5 Å². The van der Waals surface area contributed by atoms with Gasteiger partial charge in [0.15, 0.2) is 5.78 Å². The molecule has 0 N–H and O–H groups in total. The van der Waals surface area contributed by atoms with Crippen molar-refractivity contribution in [2.75, 3.05) is 0 Å².